The van der Waals surface area contributed by atoms with Gasteiger partial charge >= 0.3 is 5.97 Å². The number of ether oxygens (including phenoxy) is 4. The van der Waals surface area contributed by atoms with E-state index in [1.54, 1.807) is 6.07 Å². The molecule has 0 amide bonds. The van der Waals surface area contributed by atoms with Crippen LogP contribution in [0.25, 0.3) is 11.3 Å². The third kappa shape index (κ3) is 5.86. The van der Waals surface area contributed by atoms with Crippen LogP contribution in [0.2, 0.25) is 0 Å². The fourth-order valence-electron chi connectivity index (χ4n) is 4.74. The largest absolute Gasteiger partial charge is 0.471 e. The monoisotopic (exact) mass is 597 g/mol. The van der Waals surface area contributed by atoms with E-state index in [1.165, 1.54) is 18.4 Å². The summed E-state index contributed by atoms with van der Waals surface area (Å²) in [6.07, 6.45) is 1.68. The molecule has 0 atom stereocenters. The predicted octanol–water partition coefficient (Wildman–Crippen LogP) is 5.54. The first kappa shape index (κ1) is 26.6. The number of halogens is 1. The number of pyridine rings is 1. The number of benzene rings is 1. The average Bonchev–Trinajstić information content (AvgIpc) is 3.36. The second-order valence-corrected chi connectivity index (χ2v) is 11.1. The number of anilines is 1. The van der Waals surface area contributed by atoms with Gasteiger partial charge in [0.2, 0.25) is 5.88 Å². The minimum Gasteiger partial charge on any atom is -0.471 e. The number of hydrogen-bond donors (Lipinski definition) is 0. The number of methoxy groups -OCH3 is 1. The number of esters is 1. The molecule has 0 saturated carbocycles. The van der Waals surface area contributed by atoms with E-state index in [-0.39, 0.29) is 12.5 Å². The first-order chi connectivity index (χ1) is 18.6. The Morgan fingerprint density at radius 3 is 2.55 bits per heavy atom. The van der Waals surface area contributed by atoms with E-state index in [0.717, 1.165) is 71.0 Å². The fourth-order valence-corrected chi connectivity index (χ4v) is 6.36. The minimum atomic E-state index is -0.401. The minimum absolute atomic E-state index is 0.163. The van der Waals surface area contributed by atoms with Crippen LogP contribution in [0.3, 0.4) is 0 Å². The van der Waals surface area contributed by atoms with Crippen molar-refractivity contribution in [3.8, 4) is 23.2 Å². The average molecular weight is 599 g/mol. The lowest BCUT2D eigenvalue weighted by Crippen LogP contribution is -2.36. The topological polar surface area (TPSA) is 93.9 Å². The van der Waals surface area contributed by atoms with Gasteiger partial charge in [-0.1, -0.05) is 12.1 Å². The van der Waals surface area contributed by atoms with Crippen LogP contribution in [0.5, 0.6) is 5.88 Å². The molecule has 38 heavy (non-hydrogen) atoms. The van der Waals surface area contributed by atoms with E-state index >= 15 is 0 Å². The summed E-state index contributed by atoms with van der Waals surface area (Å²) < 4.78 is 22.8. The molecule has 3 aromatic rings. The van der Waals surface area contributed by atoms with Crippen LogP contribution in [0.15, 0.2) is 40.9 Å². The van der Waals surface area contributed by atoms with Gasteiger partial charge in [-0.15, -0.1) is 11.3 Å². The molecule has 4 heterocycles. The van der Waals surface area contributed by atoms with E-state index in [4.69, 9.17) is 23.9 Å². The van der Waals surface area contributed by atoms with Gasteiger partial charge in [0.15, 0.2) is 0 Å². The molecule has 2 fully saturated rings. The summed E-state index contributed by atoms with van der Waals surface area (Å²) in [7, 11) is 1.35. The molecule has 1 aromatic carbocycles. The molecule has 5 rings (SSSR count). The fraction of sp³-hybridized carbons (Fsp3) is 0.393. The summed E-state index contributed by atoms with van der Waals surface area (Å²) >= 11 is 4.79. The van der Waals surface area contributed by atoms with Crippen LogP contribution in [-0.4, -0.2) is 57.6 Å². The molecule has 10 heteroatoms. The maximum absolute atomic E-state index is 12.0. The molecular formula is C28H28BrN3O5S. The number of nitriles is 1. The maximum Gasteiger partial charge on any atom is 0.348 e. The lowest BCUT2D eigenvalue weighted by Gasteiger charge is -2.29. The highest BCUT2D eigenvalue weighted by Crippen LogP contribution is 2.37. The van der Waals surface area contributed by atoms with E-state index in [2.05, 4.69) is 51.2 Å². The predicted molar refractivity (Wildman–Crippen MR) is 148 cm³/mol. The highest BCUT2D eigenvalue weighted by molar-refractivity contribution is 9.10. The molecule has 198 valence electrons. The van der Waals surface area contributed by atoms with Crippen LogP contribution in [0.1, 0.15) is 44.4 Å². The number of nitrogens with zero attached hydrogens (tertiary/aromatic N) is 3. The van der Waals surface area contributed by atoms with Gasteiger partial charge in [0.25, 0.3) is 0 Å². The molecule has 0 N–H and O–H groups in total. The maximum atomic E-state index is 12.0. The molecule has 2 aliphatic rings. The van der Waals surface area contributed by atoms with Crippen LogP contribution in [-0.2, 0) is 20.8 Å². The molecule has 2 saturated heterocycles. The molecule has 0 spiro atoms. The molecule has 0 bridgehead atoms. The first-order valence-corrected chi connectivity index (χ1v) is 14.1. The Balaban J connectivity index is 1.47. The molecule has 8 nitrogen and oxygen atoms in total. The number of aromatic nitrogens is 1. The Hall–Kier alpha value is -2.97. The smallest absolute Gasteiger partial charge is 0.348 e. The Morgan fingerprint density at radius 2 is 1.87 bits per heavy atom. The summed E-state index contributed by atoms with van der Waals surface area (Å²) in [5.41, 5.74) is 4.25. The molecular weight excluding hydrogens is 570 g/mol. The van der Waals surface area contributed by atoms with Crippen molar-refractivity contribution in [3.63, 3.8) is 0 Å². The van der Waals surface area contributed by atoms with Crippen LogP contribution in [0, 0.1) is 11.3 Å². The molecule has 2 aromatic heterocycles. The van der Waals surface area contributed by atoms with Gasteiger partial charge in [-0.05, 0) is 64.5 Å². The van der Waals surface area contributed by atoms with Gasteiger partial charge in [-0.3, -0.25) is 0 Å². The normalized spacial score (nSPS) is 16.2. The zero-order valence-corrected chi connectivity index (χ0v) is 23.5. The highest BCUT2D eigenvalue weighted by atomic mass is 79.9. The SMILES string of the molecule is COC(=O)c1cc(Br)c(COc2nc(-c3ccc(N4CCOCC4)cc3)cc(C3CCOCC3)c2C#N)s1. The Bertz CT molecular complexity index is 1330. The Kier molecular flexibility index (Phi) is 8.59. The van der Waals surface area contributed by atoms with Gasteiger partial charge < -0.3 is 23.8 Å². The van der Waals surface area contributed by atoms with Crippen molar-refractivity contribution in [1.29, 1.82) is 5.26 Å². The van der Waals surface area contributed by atoms with Crippen LogP contribution < -0.4 is 9.64 Å². The van der Waals surface area contributed by atoms with Crippen LogP contribution in [0.4, 0.5) is 5.69 Å². The summed E-state index contributed by atoms with van der Waals surface area (Å²) in [6.45, 7) is 4.69. The van der Waals surface area contributed by atoms with Gasteiger partial charge in [0, 0.05) is 42.0 Å². The summed E-state index contributed by atoms with van der Waals surface area (Å²) in [6, 6.07) is 14.4. The molecule has 0 aliphatic carbocycles. The quantitative estimate of drug-likeness (QED) is 0.328. The van der Waals surface area contributed by atoms with E-state index in [0.29, 0.717) is 29.5 Å². The lowest BCUT2D eigenvalue weighted by atomic mass is 9.88. The first-order valence-electron chi connectivity index (χ1n) is 12.5. The second kappa shape index (κ2) is 12.3. The second-order valence-electron chi connectivity index (χ2n) is 9.08. The molecule has 2 aliphatic heterocycles. The molecule has 0 radical (unpaired) electrons. The van der Waals surface area contributed by atoms with Crippen molar-refractivity contribution < 1.29 is 23.7 Å². The third-order valence-electron chi connectivity index (χ3n) is 6.81. The zero-order valence-electron chi connectivity index (χ0n) is 21.1. The number of carbonyl (C=O) groups excluding carboxylic acids is 1. The van der Waals surface area contributed by atoms with Gasteiger partial charge in [0.1, 0.15) is 23.1 Å². The highest BCUT2D eigenvalue weighted by Gasteiger charge is 2.25. The zero-order chi connectivity index (χ0) is 26.5. The third-order valence-corrected chi connectivity index (χ3v) is 8.87. The number of carbonyl (C=O) groups is 1. The van der Waals surface area contributed by atoms with E-state index < -0.39 is 5.97 Å². The number of hydrogen-bond acceptors (Lipinski definition) is 9. The lowest BCUT2D eigenvalue weighted by molar-refractivity contribution is 0.0606. The number of morpholine rings is 1. The Labute approximate surface area is 234 Å². The van der Waals surface area contributed by atoms with Crippen molar-refractivity contribution in [2.45, 2.75) is 25.4 Å². The summed E-state index contributed by atoms with van der Waals surface area (Å²) in [5.74, 6) is 0.0836. The standard InChI is InChI=1S/C28H28BrN3O5S/c1-34-28(33)25-15-23(29)26(38-25)17-37-27-22(16-30)21(18-6-10-35-11-7-18)14-24(31-27)19-2-4-20(5-3-19)32-8-12-36-13-9-32/h2-5,14-15,18H,6-13,17H2,1H3. The summed E-state index contributed by atoms with van der Waals surface area (Å²) in [4.78, 5) is 20.3. The van der Waals surface area contributed by atoms with Gasteiger partial charge in [0.05, 0.1) is 30.9 Å². The van der Waals surface area contributed by atoms with Crippen molar-refractivity contribution in [2.75, 3.05) is 51.5 Å². The van der Waals surface area contributed by atoms with Crippen LogP contribution >= 0.6 is 27.3 Å². The summed E-state index contributed by atoms with van der Waals surface area (Å²) in [5, 5.41) is 10.1. The van der Waals surface area contributed by atoms with Crippen molar-refractivity contribution in [3.05, 3.63) is 61.8 Å². The molecule has 0 unspecified atom stereocenters. The van der Waals surface area contributed by atoms with E-state index in [1.807, 2.05) is 6.07 Å². The Morgan fingerprint density at radius 1 is 1.16 bits per heavy atom. The number of rotatable bonds is 7. The van der Waals surface area contributed by atoms with Crippen molar-refractivity contribution in [2.24, 2.45) is 0 Å². The van der Waals surface area contributed by atoms with Gasteiger partial charge in [-0.25, -0.2) is 9.78 Å². The number of thiophene rings is 1. The van der Waals surface area contributed by atoms with Gasteiger partial charge in [-0.2, -0.15) is 5.26 Å². The van der Waals surface area contributed by atoms with E-state index in [9.17, 15) is 10.1 Å². The van der Waals surface area contributed by atoms with Crippen molar-refractivity contribution in [1.82, 2.24) is 4.98 Å². The van der Waals surface area contributed by atoms with Crippen molar-refractivity contribution >= 4 is 38.9 Å².